The van der Waals surface area contributed by atoms with Crippen molar-refractivity contribution in [2.24, 2.45) is 0 Å². The highest BCUT2D eigenvalue weighted by atomic mass is 19.4. The highest BCUT2D eigenvalue weighted by molar-refractivity contribution is 5.86. The van der Waals surface area contributed by atoms with E-state index in [2.05, 4.69) is 0 Å². The monoisotopic (exact) mass is 340 g/mol. The first-order valence-corrected chi connectivity index (χ1v) is 7.05. The molecule has 1 aromatic carbocycles. The highest BCUT2D eigenvalue weighted by Crippen LogP contribution is 2.36. The predicted octanol–water partition coefficient (Wildman–Crippen LogP) is 4.55. The molecule has 0 bridgehead atoms. The molecule has 0 atom stereocenters. The van der Waals surface area contributed by atoms with Gasteiger partial charge in [0.1, 0.15) is 17.3 Å². The van der Waals surface area contributed by atoms with Gasteiger partial charge in [0.25, 0.3) is 0 Å². The molecular weight excluding hydrogens is 325 g/mol. The molecule has 0 fully saturated rings. The Labute approximate surface area is 136 Å². The van der Waals surface area contributed by atoms with E-state index in [9.17, 15) is 18.0 Å². The first-order chi connectivity index (χ1) is 11.3. The predicted molar refractivity (Wildman–Crippen MR) is 81.4 cm³/mol. The molecule has 0 aliphatic rings. The van der Waals surface area contributed by atoms with Crippen LogP contribution in [0.1, 0.15) is 18.2 Å². The Morgan fingerprint density at radius 3 is 2.62 bits per heavy atom. The molecule has 4 nitrogen and oxygen atoms in total. The van der Waals surface area contributed by atoms with Crippen LogP contribution in [-0.2, 0) is 15.7 Å². The van der Waals surface area contributed by atoms with Gasteiger partial charge in [-0.2, -0.15) is 13.2 Å². The zero-order valence-electron chi connectivity index (χ0n) is 13.0. The molecule has 1 aromatic heterocycles. The third kappa shape index (κ3) is 4.41. The molecule has 0 saturated heterocycles. The van der Waals surface area contributed by atoms with Crippen LogP contribution in [0.25, 0.3) is 17.4 Å². The van der Waals surface area contributed by atoms with Crippen LogP contribution in [0.5, 0.6) is 5.75 Å². The van der Waals surface area contributed by atoms with Crippen LogP contribution in [0, 0.1) is 0 Å². The van der Waals surface area contributed by atoms with E-state index < -0.39 is 17.7 Å². The maximum atomic E-state index is 12.9. The minimum Gasteiger partial charge on any atom is -0.497 e. The normalized spacial score (nSPS) is 11.7. The summed E-state index contributed by atoms with van der Waals surface area (Å²) in [4.78, 5) is 11.2. The number of ether oxygens (including phenoxy) is 2. The topological polar surface area (TPSA) is 48.7 Å². The summed E-state index contributed by atoms with van der Waals surface area (Å²) in [6.07, 6.45) is -1.94. The van der Waals surface area contributed by atoms with Gasteiger partial charge >= 0.3 is 12.1 Å². The largest absolute Gasteiger partial charge is 0.497 e. The Balaban J connectivity index is 2.31. The van der Waals surface area contributed by atoms with E-state index in [1.165, 1.54) is 37.5 Å². The van der Waals surface area contributed by atoms with Crippen molar-refractivity contribution in [1.29, 1.82) is 0 Å². The molecule has 0 spiro atoms. The van der Waals surface area contributed by atoms with Crippen LogP contribution in [0.4, 0.5) is 13.2 Å². The maximum absolute atomic E-state index is 12.9. The van der Waals surface area contributed by atoms with Crippen molar-refractivity contribution in [2.45, 2.75) is 13.1 Å². The zero-order valence-corrected chi connectivity index (χ0v) is 13.0. The summed E-state index contributed by atoms with van der Waals surface area (Å²) in [6.45, 7) is 1.92. The van der Waals surface area contributed by atoms with Gasteiger partial charge in [0.05, 0.1) is 19.3 Å². The minimum absolute atomic E-state index is 0.0693. The number of esters is 1. The Bertz CT molecular complexity index is 745. The summed E-state index contributed by atoms with van der Waals surface area (Å²) in [6, 6.07) is 6.37. The number of hydrogen-bond acceptors (Lipinski definition) is 4. The first-order valence-electron chi connectivity index (χ1n) is 7.05. The third-order valence-electron chi connectivity index (χ3n) is 3.05. The van der Waals surface area contributed by atoms with Crippen LogP contribution >= 0.6 is 0 Å². The SMILES string of the molecule is CCOC(=O)C=Cc1ccc(-c2cc(OC)cc(C(F)(F)F)c2)o1. The number of carbonyl (C=O) groups is 1. The average Bonchev–Trinajstić information content (AvgIpc) is 3.01. The second-order valence-electron chi connectivity index (χ2n) is 4.74. The fraction of sp³-hybridized carbons (Fsp3) is 0.235. The first kappa shape index (κ1) is 17.7. The standard InChI is InChI=1S/C17H15F3O4/c1-3-23-16(21)7-5-13-4-6-15(24-13)11-8-12(17(18,19)20)10-14(9-11)22-2/h4-10H,3H2,1-2H3. The molecule has 0 saturated carbocycles. The molecule has 2 rings (SSSR count). The summed E-state index contributed by atoms with van der Waals surface area (Å²) >= 11 is 0. The number of furan rings is 1. The van der Waals surface area contributed by atoms with Crippen molar-refractivity contribution in [3.05, 3.63) is 47.7 Å². The Morgan fingerprint density at radius 1 is 1.25 bits per heavy atom. The van der Waals surface area contributed by atoms with E-state index in [0.29, 0.717) is 5.76 Å². The second-order valence-corrected chi connectivity index (χ2v) is 4.74. The summed E-state index contributed by atoms with van der Waals surface area (Å²) in [5, 5.41) is 0. The van der Waals surface area contributed by atoms with Gasteiger partial charge in [-0.1, -0.05) is 0 Å². The number of rotatable bonds is 5. The number of alkyl halides is 3. The molecule has 0 radical (unpaired) electrons. The second kappa shape index (κ2) is 7.25. The van der Waals surface area contributed by atoms with Crippen LogP contribution in [-0.4, -0.2) is 19.7 Å². The van der Waals surface area contributed by atoms with Gasteiger partial charge in [-0.15, -0.1) is 0 Å². The number of benzene rings is 1. The van der Waals surface area contributed by atoms with Gasteiger partial charge in [0.15, 0.2) is 0 Å². The lowest BCUT2D eigenvalue weighted by atomic mass is 10.1. The Kier molecular flexibility index (Phi) is 5.33. The van der Waals surface area contributed by atoms with E-state index in [-0.39, 0.29) is 23.7 Å². The molecule has 0 aliphatic carbocycles. The van der Waals surface area contributed by atoms with Crippen LogP contribution in [0.15, 0.2) is 40.8 Å². The average molecular weight is 340 g/mol. The summed E-state index contributed by atoms with van der Waals surface area (Å²) in [7, 11) is 1.29. The van der Waals surface area contributed by atoms with Crippen LogP contribution in [0.3, 0.4) is 0 Å². The number of carbonyl (C=O) groups excluding carboxylic acids is 1. The van der Waals surface area contributed by atoms with Crippen molar-refractivity contribution in [3.63, 3.8) is 0 Å². The molecule has 7 heteroatoms. The number of hydrogen-bond donors (Lipinski definition) is 0. The van der Waals surface area contributed by atoms with Crippen molar-refractivity contribution >= 4 is 12.0 Å². The molecule has 1 heterocycles. The lowest BCUT2D eigenvalue weighted by Gasteiger charge is -2.10. The molecule has 0 N–H and O–H groups in total. The molecule has 0 unspecified atom stereocenters. The van der Waals surface area contributed by atoms with E-state index >= 15 is 0 Å². The van der Waals surface area contributed by atoms with Crippen molar-refractivity contribution in [2.75, 3.05) is 13.7 Å². The zero-order chi connectivity index (χ0) is 17.7. The molecule has 0 aliphatic heterocycles. The summed E-state index contributed by atoms with van der Waals surface area (Å²) in [5.74, 6) is 0.0772. The van der Waals surface area contributed by atoms with Crippen LogP contribution < -0.4 is 4.74 Å². The fourth-order valence-corrected chi connectivity index (χ4v) is 1.96. The summed E-state index contributed by atoms with van der Waals surface area (Å²) < 4.78 is 53.9. The molecule has 0 amide bonds. The fourth-order valence-electron chi connectivity index (χ4n) is 1.96. The van der Waals surface area contributed by atoms with Gasteiger partial charge in [-0.05, 0) is 43.3 Å². The highest BCUT2D eigenvalue weighted by Gasteiger charge is 2.31. The van der Waals surface area contributed by atoms with E-state index in [0.717, 1.165) is 12.1 Å². The van der Waals surface area contributed by atoms with E-state index in [4.69, 9.17) is 13.9 Å². The number of halogens is 3. The smallest absolute Gasteiger partial charge is 0.416 e. The number of methoxy groups -OCH3 is 1. The summed E-state index contributed by atoms with van der Waals surface area (Å²) in [5.41, 5.74) is -0.616. The molecule has 128 valence electrons. The van der Waals surface area contributed by atoms with E-state index in [1.807, 2.05) is 0 Å². The van der Waals surface area contributed by atoms with Gasteiger partial charge in [-0.3, -0.25) is 0 Å². The van der Waals surface area contributed by atoms with Gasteiger partial charge < -0.3 is 13.9 Å². The third-order valence-corrected chi connectivity index (χ3v) is 3.05. The molecular formula is C17H15F3O4. The maximum Gasteiger partial charge on any atom is 0.416 e. The van der Waals surface area contributed by atoms with Crippen LogP contribution in [0.2, 0.25) is 0 Å². The van der Waals surface area contributed by atoms with Crippen molar-refractivity contribution < 1.29 is 31.9 Å². The molecule has 24 heavy (non-hydrogen) atoms. The van der Waals surface area contributed by atoms with Gasteiger partial charge in [-0.25, -0.2) is 4.79 Å². The van der Waals surface area contributed by atoms with E-state index in [1.54, 1.807) is 6.92 Å². The van der Waals surface area contributed by atoms with Gasteiger partial charge in [0.2, 0.25) is 0 Å². The van der Waals surface area contributed by atoms with Crippen molar-refractivity contribution in [3.8, 4) is 17.1 Å². The Hall–Kier alpha value is -2.70. The lowest BCUT2D eigenvalue weighted by molar-refractivity contribution is -0.138. The Morgan fingerprint density at radius 2 is 2.00 bits per heavy atom. The molecule has 2 aromatic rings. The minimum atomic E-state index is -4.50. The lowest BCUT2D eigenvalue weighted by Crippen LogP contribution is -2.05. The van der Waals surface area contributed by atoms with Gasteiger partial charge in [0, 0.05) is 11.6 Å². The quantitative estimate of drug-likeness (QED) is 0.592. The van der Waals surface area contributed by atoms with Crippen molar-refractivity contribution in [1.82, 2.24) is 0 Å².